The molecule has 1 amide bonds. The van der Waals surface area contributed by atoms with Crippen molar-refractivity contribution in [2.24, 2.45) is 7.05 Å². The van der Waals surface area contributed by atoms with Crippen LogP contribution < -0.4 is 5.32 Å². The Balaban J connectivity index is 1.40. The Morgan fingerprint density at radius 2 is 2.23 bits per heavy atom. The van der Waals surface area contributed by atoms with Crippen LogP contribution in [0.4, 0.5) is 0 Å². The van der Waals surface area contributed by atoms with Crippen LogP contribution in [0.3, 0.4) is 0 Å². The maximum Gasteiger partial charge on any atom is 0.217 e. The molecule has 0 unspecified atom stereocenters. The number of rotatable bonds is 5. The number of benzene rings is 1. The SMILES string of the molecule is CC(=O)NCc1cnc([C@H]2CCN(Cc3nc4ccccc4n3C)C2)[nH]1. The first kappa shape index (κ1) is 16.8. The number of H-pyrrole nitrogens is 1. The molecular weight excluding hydrogens is 328 g/mol. The number of likely N-dealkylation sites (tertiary alicyclic amines) is 1. The molecule has 1 fully saturated rings. The van der Waals surface area contributed by atoms with Crippen LogP contribution in [-0.2, 0) is 24.9 Å². The maximum absolute atomic E-state index is 11.0. The number of fused-ring (bicyclic) bond motifs is 1. The highest BCUT2D eigenvalue weighted by Gasteiger charge is 2.27. The number of hydrogen-bond donors (Lipinski definition) is 2. The zero-order chi connectivity index (χ0) is 18.1. The fraction of sp³-hybridized carbons (Fsp3) is 0.421. The van der Waals surface area contributed by atoms with E-state index in [9.17, 15) is 4.79 Å². The Morgan fingerprint density at radius 3 is 3.04 bits per heavy atom. The molecule has 3 heterocycles. The van der Waals surface area contributed by atoms with Gasteiger partial charge >= 0.3 is 0 Å². The fourth-order valence-electron chi connectivity index (χ4n) is 3.63. The normalized spacial score (nSPS) is 17.8. The van der Waals surface area contributed by atoms with Crippen LogP contribution in [0.1, 0.15) is 36.6 Å². The predicted molar refractivity (Wildman–Crippen MR) is 99.5 cm³/mol. The summed E-state index contributed by atoms with van der Waals surface area (Å²) < 4.78 is 2.18. The minimum Gasteiger partial charge on any atom is -0.351 e. The average molecular weight is 352 g/mol. The van der Waals surface area contributed by atoms with Gasteiger partial charge in [0.1, 0.15) is 11.6 Å². The number of nitrogens with one attached hydrogen (secondary N) is 2. The maximum atomic E-state index is 11.0. The van der Waals surface area contributed by atoms with Crippen molar-refractivity contribution in [1.29, 1.82) is 0 Å². The van der Waals surface area contributed by atoms with Crippen LogP contribution in [0.15, 0.2) is 30.5 Å². The van der Waals surface area contributed by atoms with Crippen molar-refractivity contribution in [3.63, 3.8) is 0 Å². The van der Waals surface area contributed by atoms with Crippen LogP contribution in [0, 0.1) is 0 Å². The second kappa shape index (κ2) is 6.92. The van der Waals surface area contributed by atoms with E-state index in [2.05, 4.69) is 50.0 Å². The number of para-hydroxylation sites is 2. The van der Waals surface area contributed by atoms with Crippen LogP contribution >= 0.6 is 0 Å². The van der Waals surface area contributed by atoms with Gasteiger partial charge in [-0.2, -0.15) is 0 Å². The Hall–Kier alpha value is -2.67. The number of amides is 1. The summed E-state index contributed by atoms with van der Waals surface area (Å²) in [6.45, 7) is 4.87. The lowest BCUT2D eigenvalue weighted by molar-refractivity contribution is -0.119. The molecular formula is C19H24N6O. The third kappa shape index (κ3) is 3.35. The summed E-state index contributed by atoms with van der Waals surface area (Å²) in [5, 5.41) is 2.79. The monoisotopic (exact) mass is 352 g/mol. The summed E-state index contributed by atoms with van der Waals surface area (Å²) in [7, 11) is 2.08. The molecule has 0 bridgehead atoms. The van der Waals surface area contributed by atoms with Gasteiger partial charge in [-0.25, -0.2) is 9.97 Å². The molecule has 7 heteroatoms. The van der Waals surface area contributed by atoms with Crippen molar-refractivity contribution < 1.29 is 4.79 Å². The van der Waals surface area contributed by atoms with E-state index in [0.717, 1.165) is 48.9 Å². The first-order valence-corrected chi connectivity index (χ1v) is 9.01. The topological polar surface area (TPSA) is 78.8 Å². The third-order valence-corrected chi connectivity index (χ3v) is 5.08. The van der Waals surface area contributed by atoms with E-state index in [-0.39, 0.29) is 5.91 Å². The number of aromatic amines is 1. The van der Waals surface area contributed by atoms with Crippen molar-refractivity contribution in [2.45, 2.75) is 32.4 Å². The van der Waals surface area contributed by atoms with Crippen LogP contribution in [0.5, 0.6) is 0 Å². The molecule has 1 atom stereocenters. The van der Waals surface area contributed by atoms with E-state index < -0.39 is 0 Å². The molecule has 136 valence electrons. The molecule has 2 aromatic heterocycles. The molecule has 1 aromatic carbocycles. The van der Waals surface area contributed by atoms with Crippen molar-refractivity contribution >= 4 is 16.9 Å². The van der Waals surface area contributed by atoms with Crippen molar-refractivity contribution in [2.75, 3.05) is 13.1 Å². The van der Waals surface area contributed by atoms with E-state index in [1.54, 1.807) is 0 Å². The lowest BCUT2D eigenvalue weighted by atomic mass is 10.1. The third-order valence-electron chi connectivity index (χ3n) is 5.08. The number of imidazole rings is 2. The molecule has 4 rings (SSSR count). The summed E-state index contributed by atoms with van der Waals surface area (Å²) in [6.07, 6.45) is 2.90. The van der Waals surface area contributed by atoms with E-state index in [0.29, 0.717) is 12.5 Å². The lowest BCUT2D eigenvalue weighted by Gasteiger charge is -2.15. The Morgan fingerprint density at radius 1 is 1.38 bits per heavy atom. The number of aromatic nitrogens is 4. The molecule has 1 aliphatic rings. The van der Waals surface area contributed by atoms with E-state index in [1.165, 1.54) is 12.4 Å². The Bertz CT molecular complexity index is 927. The predicted octanol–water partition coefficient (Wildman–Crippen LogP) is 1.92. The van der Waals surface area contributed by atoms with Crippen LogP contribution in [-0.4, -0.2) is 43.4 Å². The minimum absolute atomic E-state index is 0.0318. The summed E-state index contributed by atoms with van der Waals surface area (Å²) >= 11 is 0. The van der Waals surface area contributed by atoms with Gasteiger partial charge in [0, 0.05) is 26.4 Å². The van der Waals surface area contributed by atoms with E-state index >= 15 is 0 Å². The lowest BCUT2D eigenvalue weighted by Crippen LogP contribution is -2.22. The van der Waals surface area contributed by atoms with Gasteiger partial charge in [-0.05, 0) is 25.1 Å². The van der Waals surface area contributed by atoms with E-state index in [4.69, 9.17) is 4.98 Å². The molecule has 7 nitrogen and oxygen atoms in total. The summed E-state index contributed by atoms with van der Waals surface area (Å²) in [4.78, 5) is 26.1. The molecule has 0 radical (unpaired) electrons. The fourth-order valence-corrected chi connectivity index (χ4v) is 3.63. The zero-order valence-corrected chi connectivity index (χ0v) is 15.2. The highest BCUT2D eigenvalue weighted by Crippen LogP contribution is 2.26. The number of nitrogens with zero attached hydrogens (tertiary/aromatic N) is 4. The summed E-state index contributed by atoms with van der Waals surface area (Å²) in [5.74, 6) is 2.47. The van der Waals surface area contributed by atoms with Gasteiger partial charge in [-0.1, -0.05) is 12.1 Å². The van der Waals surface area contributed by atoms with Crippen molar-refractivity contribution in [3.8, 4) is 0 Å². The number of carbonyl (C=O) groups is 1. The largest absolute Gasteiger partial charge is 0.351 e. The molecule has 3 aromatic rings. The molecule has 0 spiro atoms. The second-order valence-corrected chi connectivity index (χ2v) is 7.00. The average Bonchev–Trinajstić information content (AvgIpc) is 3.34. The van der Waals surface area contributed by atoms with E-state index in [1.807, 2.05) is 12.3 Å². The molecule has 1 saturated heterocycles. The van der Waals surface area contributed by atoms with Gasteiger partial charge < -0.3 is 14.9 Å². The highest BCUT2D eigenvalue weighted by molar-refractivity contribution is 5.75. The number of carbonyl (C=O) groups excluding carboxylic acids is 1. The zero-order valence-electron chi connectivity index (χ0n) is 15.2. The summed E-state index contributed by atoms with van der Waals surface area (Å²) in [5.41, 5.74) is 3.17. The quantitative estimate of drug-likeness (QED) is 0.735. The Labute approximate surface area is 152 Å². The number of aryl methyl sites for hydroxylation is 1. The number of hydrogen-bond acceptors (Lipinski definition) is 4. The van der Waals surface area contributed by atoms with Gasteiger partial charge in [0.2, 0.25) is 5.91 Å². The van der Waals surface area contributed by atoms with Crippen molar-refractivity contribution in [1.82, 2.24) is 29.7 Å². The first-order valence-electron chi connectivity index (χ1n) is 9.01. The molecule has 0 saturated carbocycles. The van der Waals surface area contributed by atoms with Gasteiger partial charge in [0.15, 0.2) is 0 Å². The minimum atomic E-state index is -0.0318. The summed E-state index contributed by atoms with van der Waals surface area (Å²) in [6, 6.07) is 8.25. The molecule has 0 aliphatic carbocycles. The smallest absolute Gasteiger partial charge is 0.217 e. The standard InChI is InChI=1S/C19H24N6O/c1-13(26)20-9-15-10-21-19(22-15)14-7-8-25(11-14)12-18-23-16-5-3-4-6-17(16)24(18)2/h3-6,10,14H,7-9,11-12H2,1-2H3,(H,20,26)(H,21,22)/t14-/m0/s1. The molecule has 1 aliphatic heterocycles. The highest BCUT2D eigenvalue weighted by atomic mass is 16.1. The first-order chi connectivity index (χ1) is 12.6. The van der Waals surface area contributed by atoms with Crippen LogP contribution in [0.25, 0.3) is 11.0 Å². The van der Waals surface area contributed by atoms with Crippen molar-refractivity contribution in [3.05, 3.63) is 47.8 Å². The molecule has 26 heavy (non-hydrogen) atoms. The van der Waals surface area contributed by atoms with Gasteiger partial charge in [0.05, 0.1) is 36.0 Å². The van der Waals surface area contributed by atoms with Crippen LogP contribution in [0.2, 0.25) is 0 Å². The molecule has 2 N–H and O–H groups in total. The Kier molecular flexibility index (Phi) is 4.46. The van der Waals surface area contributed by atoms with Gasteiger partial charge in [-0.3, -0.25) is 9.69 Å². The van der Waals surface area contributed by atoms with Gasteiger partial charge in [0.25, 0.3) is 0 Å². The second-order valence-electron chi connectivity index (χ2n) is 7.00. The van der Waals surface area contributed by atoms with Gasteiger partial charge in [-0.15, -0.1) is 0 Å².